The molecule has 0 fully saturated rings. The zero-order chi connectivity index (χ0) is 22.1. The molecule has 5 nitrogen and oxygen atoms in total. The van der Waals surface area contributed by atoms with E-state index in [9.17, 15) is 4.79 Å². The summed E-state index contributed by atoms with van der Waals surface area (Å²) in [5.74, 6) is 1.12. The van der Waals surface area contributed by atoms with E-state index in [2.05, 4.69) is 10.6 Å². The highest BCUT2D eigenvalue weighted by Gasteiger charge is 2.10. The van der Waals surface area contributed by atoms with Gasteiger partial charge in [-0.15, -0.1) is 0 Å². The van der Waals surface area contributed by atoms with Crippen LogP contribution >= 0.6 is 12.2 Å². The summed E-state index contributed by atoms with van der Waals surface area (Å²) in [6, 6.07) is 24.4. The Kier molecular flexibility index (Phi) is 8.01. The number of hydrogen-bond donors (Lipinski definition) is 2. The maximum absolute atomic E-state index is 12.5. The first-order chi connectivity index (χ1) is 15.0. The van der Waals surface area contributed by atoms with Crippen molar-refractivity contribution in [2.75, 3.05) is 5.32 Å². The number of benzene rings is 3. The van der Waals surface area contributed by atoms with E-state index in [1.54, 1.807) is 18.2 Å². The Morgan fingerprint density at radius 3 is 2.42 bits per heavy atom. The van der Waals surface area contributed by atoms with E-state index in [-0.39, 0.29) is 17.1 Å². The number of ether oxygens (including phenoxy) is 2. The molecule has 0 aliphatic carbocycles. The molecule has 3 aromatic carbocycles. The van der Waals surface area contributed by atoms with Crippen molar-refractivity contribution in [1.82, 2.24) is 5.32 Å². The van der Waals surface area contributed by atoms with Crippen LogP contribution in [-0.2, 0) is 6.61 Å². The molecular weight excluding hydrogens is 408 g/mol. The van der Waals surface area contributed by atoms with Crippen LogP contribution in [0.5, 0.6) is 11.5 Å². The van der Waals surface area contributed by atoms with Crippen molar-refractivity contribution < 1.29 is 14.3 Å². The number of thiocarbonyl (C=S) groups is 1. The van der Waals surface area contributed by atoms with Crippen molar-refractivity contribution in [2.45, 2.75) is 33.0 Å². The lowest BCUT2D eigenvalue weighted by Crippen LogP contribution is -2.34. The number of nitrogens with one attached hydrogen (secondary N) is 2. The zero-order valence-corrected chi connectivity index (χ0v) is 18.4. The number of rotatable bonds is 8. The summed E-state index contributed by atoms with van der Waals surface area (Å²) in [4.78, 5) is 12.5. The van der Waals surface area contributed by atoms with Crippen molar-refractivity contribution in [3.8, 4) is 11.5 Å². The quantitative estimate of drug-likeness (QED) is 0.454. The second-order valence-corrected chi connectivity index (χ2v) is 7.48. The van der Waals surface area contributed by atoms with Gasteiger partial charge in [-0.1, -0.05) is 43.3 Å². The van der Waals surface area contributed by atoms with Crippen molar-refractivity contribution in [1.29, 1.82) is 0 Å². The van der Waals surface area contributed by atoms with E-state index in [1.165, 1.54) is 0 Å². The standard InChI is InChI=1S/C25H26N2O3S/c1-3-18(2)30-23-11-7-10-20(16-23)24(28)27-25(31)26-21-12-14-22(15-13-21)29-17-19-8-5-4-6-9-19/h4-16,18H,3,17H2,1-2H3,(H2,26,27,28,31). The third-order valence-electron chi connectivity index (χ3n) is 4.60. The molecule has 3 aromatic rings. The Labute approximate surface area is 188 Å². The van der Waals surface area contributed by atoms with Gasteiger partial charge in [0, 0.05) is 11.3 Å². The van der Waals surface area contributed by atoms with Crippen molar-refractivity contribution >= 4 is 28.9 Å². The Morgan fingerprint density at radius 1 is 0.968 bits per heavy atom. The minimum Gasteiger partial charge on any atom is -0.491 e. The van der Waals surface area contributed by atoms with Crippen LogP contribution in [0.4, 0.5) is 5.69 Å². The smallest absolute Gasteiger partial charge is 0.257 e. The van der Waals surface area contributed by atoms with E-state index < -0.39 is 0 Å². The van der Waals surface area contributed by atoms with E-state index in [0.717, 1.165) is 23.4 Å². The Hall–Kier alpha value is -3.38. The maximum Gasteiger partial charge on any atom is 0.257 e. The predicted molar refractivity (Wildman–Crippen MR) is 128 cm³/mol. The van der Waals surface area contributed by atoms with Crippen LogP contribution in [0.1, 0.15) is 36.2 Å². The van der Waals surface area contributed by atoms with Crippen LogP contribution in [0, 0.1) is 0 Å². The molecule has 1 unspecified atom stereocenters. The largest absolute Gasteiger partial charge is 0.491 e. The van der Waals surface area contributed by atoms with Gasteiger partial charge in [0.2, 0.25) is 0 Å². The first-order valence-electron chi connectivity index (χ1n) is 10.2. The molecule has 0 saturated heterocycles. The van der Waals surface area contributed by atoms with Crippen molar-refractivity contribution in [3.05, 3.63) is 90.0 Å². The number of anilines is 1. The van der Waals surface area contributed by atoms with Gasteiger partial charge in [0.25, 0.3) is 5.91 Å². The predicted octanol–water partition coefficient (Wildman–Crippen LogP) is 5.57. The van der Waals surface area contributed by atoms with Gasteiger partial charge < -0.3 is 14.8 Å². The average molecular weight is 435 g/mol. The minimum absolute atomic E-state index is 0.0840. The second-order valence-electron chi connectivity index (χ2n) is 7.07. The first-order valence-corrected chi connectivity index (χ1v) is 10.6. The minimum atomic E-state index is -0.296. The highest BCUT2D eigenvalue weighted by Crippen LogP contribution is 2.18. The normalized spacial score (nSPS) is 11.3. The van der Waals surface area contributed by atoms with Gasteiger partial charge in [-0.2, -0.15) is 0 Å². The number of amides is 1. The number of hydrogen-bond acceptors (Lipinski definition) is 4. The topological polar surface area (TPSA) is 59.6 Å². The van der Waals surface area contributed by atoms with Crippen LogP contribution in [0.3, 0.4) is 0 Å². The van der Waals surface area contributed by atoms with Gasteiger partial charge in [-0.25, -0.2) is 0 Å². The third kappa shape index (κ3) is 7.12. The van der Waals surface area contributed by atoms with E-state index >= 15 is 0 Å². The third-order valence-corrected chi connectivity index (χ3v) is 4.80. The molecule has 1 atom stereocenters. The summed E-state index contributed by atoms with van der Waals surface area (Å²) in [6.45, 7) is 4.54. The molecule has 160 valence electrons. The Morgan fingerprint density at radius 2 is 1.71 bits per heavy atom. The average Bonchev–Trinajstić information content (AvgIpc) is 2.79. The molecule has 1 amide bonds. The number of carbonyl (C=O) groups excluding carboxylic acids is 1. The van der Waals surface area contributed by atoms with Crippen LogP contribution < -0.4 is 20.1 Å². The Balaban J connectivity index is 1.51. The lowest BCUT2D eigenvalue weighted by atomic mass is 10.2. The van der Waals surface area contributed by atoms with Crippen molar-refractivity contribution in [3.63, 3.8) is 0 Å². The zero-order valence-electron chi connectivity index (χ0n) is 17.6. The van der Waals surface area contributed by atoms with Crippen molar-refractivity contribution in [2.24, 2.45) is 0 Å². The SMILES string of the molecule is CCC(C)Oc1cccc(C(=O)NC(=S)Nc2ccc(OCc3ccccc3)cc2)c1. The molecule has 0 radical (unpaired) electrons. The van der Waals surface area contributed by atoms with Gasteiger partial charge in [0.1, 0.15) is 18.1 Å². The first kappa shape index (κ1) is 22.3. The summed E-state index contributed by atoms with van der Waals surface area (Å²) in [6.07, 6.45) is 0.973. The summed E-state index contributed by atoms with van der Waals surface area (Å²) in [5.41, 5.74) is 2.34. The summed E-state index contributed by atoms with van der Waals surface area (Å²) in [5, 5.41) is 5.93. The molecule has 6 heteroatoms. The fourth-order valence-corrected chi connectivity index (χ4v) is 2.95. The van der Waals surface area contributed by atoms with E-state index in [0.29, 0.717) is 17.9 Å². The van der Waals surface area contributed by atoms with Gasteiger partial charge in [0.05, 0.1) is 6.10 Å². The molecule has 3 rings (SSSR count). The summed E-state index contributed by atoms with van der Waals surface area (Å²) < 4.78 is 11.6. The second kappa shape index (κ2) is 11.1. The highest BCUT2D eigenvalue weighted by molar-refractivity contribution is 7.80. The molecule has 0 aliphatic heterocycles. The maximum atomic E-state index is 12.5. The van der Waals surface area contributed by atoms with E-state index in [4.69, 9.17) is 21.7 Å². The van der Waals surface area contributed by atoms with Gasteiger partial charge in [-0.3, -0.25) is 10.1 Å². The lowest BCUT2D eigenvalue weighted by molar-refractivity contribution is 0.0977. The van der Waals surface area contributed by atoms with Gasteiger partial charge in [-0.05, 0) is 73.6 Å². The monoisotopic (exact) mass is 434 g/mol. The highest BCUT2D eigenvalue weighted by atomic mass is 32.1. The number of carbonyl (C=O) groups is 1. The molecule has 0 bridgehead atoms. The molecule has 0 heterocycles. The van der Waals surface area contributed by atoms with Crippen LogP contribution in [0.15, 0.2) is 78.9 Å². The molecule has 2 N–H and O–H groups in total. The van der Waals surface area contributed by atoms with Crippen LogP contribution in [0.2, 0.25) is 0 Å². The van der Waals surface area contributed by atoms with Crippen LogP contribution in [0.25, 0.3) is 0 Å². The molecule has 0 aromatic heterocycles. The molecular formula is C25H26N2O3S. The molecule has 0 saturated carbocycles. The summed E-state index contributed by atoms with van der Waals surface area (Å²) in [7, 11) is 0. The molecule has 0 aliphatic rings. The van der Waals surface area contributed by atoms with Crippen LogP contribution in [-0.4, -0.2) is 17.1 Å². The molecule has 0 spiro atoms. The Bertz CT molecular complexity index is 1010. The fourth-order valence-electron chi connectivity index (χ4n) is 2.74. The molecule has 31 heavy (non-hydrogen) atoms. The lowest BCUT2D eigenvalue weighted by Gasteiger charge is -2.14. The van der Waals surface area contributed by atoms with Gasteiger partial charge in [0.15, 0.2) is 5.11 Å². The summed E-state index contributed by atoms with van der Waals surface area (Å²) >= 11 is 5.28. The van der Waals surface area contributed by atoms with Gasteiger partial charge >= 0.3 is 0 Å². The fraction of sp³-hybridized carbons (Fsp3) is 0.200. The van der Waals surface area contributed by atoms with E-state index in [1.807, 2.05) is 74.5 Å².